The lowest BCUT2D eigenvalue weighted by Crippen LogP contribution is -2.59. The van der Waals surface area contributed by atoms with Gasteiger partial charge in [0.1, 0.15) is 81.7 Å². The van der Waals surface area contributed by atoms with Crippen LogP contribution in [-0.4, -0.2) is 201 Å². The normalized spacial score (nSPS) is 15.9. The minimum absolute atomic E-state index is 0.0118. The van der Waals surface area contributed by atoms with E-state index in [1.54, 1.807) is 83.1 Å². The van der Waals surface area contributed by atoms with Crippen molar-refractivity contribution in [1.82, 2.24) is 72.1 Å². The largest absolute Gasteiger partial charge is 0.487 e. The summed E-state index contributed by atoms with van der Waals surface area (Å²) in [5.41, 5.74) is 15.4. The highest BCUT2D eigenvalue weighted by molar-refractivity contribution is 8.00. The minimum atomic E-state index is -4.52. The zero-order valence-corrected chi connectivity index (χ0v) is 92.1. The van der Waals surface area contributed by atoms with Gasteiger partial charge < -0.3 is 83.0 Å². The molecule has 44 heteroatoms. The van der Waals surface area contributed by atoms with Crippen LogP contribution < -0.4 is 96.7 Å². The lowest BCUT2D eigenvalue weighted by atomic mass is 9.84. The first-order valence-electron chi connectivity index (χ1n) is 49.3. The number of carboxylic acid groups (broad SMARTS) is 1. The molecule has 0 saturated heterocycles. The summed E-state index contributed by atoms with van der Waals surface area (Å²) < 4.78 is 148. The lowest BCUT2D eigenvalue weighted by Gasteiger charge is -2.36. The summed E-state index contributed by atoms with van der Waals surface area (Å²) in [7, 11) is -17.9. The van der Waals surface area contributed by atoms with E-state index < -0.39 is 188 Å². The van der Waals surface area contributed by atoms with E-state index in [0.29, 0.717) is 132 Å². The molecule has 7 atom stereocenters. The fourth-order valence-corrected chi connectivity index (χ4v) is 27.2. The Morgan fingerprint density at radius 2 is 0.568 bits per heavy atom. The van der Waals surface area contributed by atoms with Crippen molar-refractivity contribution < 1.29 is 91.3 Å². The van der Waals surface area contributed by atoms with Crippen LogP contribution in [0.3, 0.4) is 0 Å². The molecule has 148 heavy (non-hydrogen) atoms. The number of ether oxygens (including phenoxy) is 4. The average molecular weight is 2140 g/mol. The van der Waals surface area contributed by atoms with E-state index in [4.69, 9.17) is 46.3 Å². The molecule has 0 aliphatic carbocycles. The Bertz CT molecular complexity index is 6750. The average Bonchev–Trinajstić information content (AvgIpc) is 1.62. The summed E-state index contributed by atoms with van der Waals surface area (Å²) in [4.78, 5) is 103. The summed E-state index contributed by atoms with van der Waals surface area (Å²) in [6.45, 7) is 36.7. The van der Waals surface area contributed by atoms with Crippen molar-refractivity contribution in [1.29, 1.82) is 21.6 Å². The Morgan fingerprint density at radius 3 is 0.818 bits per heavy atom. The van der Waals surface area contributed by atoms with Gasteiger partial charge in [0.25, 0.3) is 40.1 Å². The van der Waals surface area contributed by atoms with Crippen molar-refractivity contribution in [2.75, 3.05) is 31.9 Å². The zero-order valence-electron chi connectivity index (χ0n) is 88.0. The van der Waals surface area contributed by atoms with Gasteiger partial charge in [0, 0.05) is 79.9 Å². The van der Waals surface area contributed by atoms with Gasteiger partial charge in [0.15, 0.2) is 0 Å². The number of carboxylic acids is 1. The molecule has 4 heterocycles. The molecule has 39 nitrogen and oxygen atoms in total. The van der Waals surface area contributed by atoms with Crippen molar-refractivity contribution in [2.24, 2.45) is 5.73 Å². The molecule has 21 N–H and O–H groups in total. The predicted molar refractivity (Wildman–Crippen MR) is 568 cm³/mol. The maximum absolute atomic E-state index is 15.7. The third-order valence-corrected chi connectivity index (χ3v) is 35.6. The number of rotatable bonds is 43. The Kier molecular flexibility index (Phi) is 36.0. The predicted octanol–water partition coefficient (Wildman–Crippen LogP) is 8.76. The van der Waals surface area contributed by atoms with Crippen LogP contribution in [0.15, 0.2) is 111 Å². The molecule has 0 radical (unpaired) electrons. The molecule has 4 aliphatic heterocycles. The molecule has 0 aromatic heterocycles. The molecule has 4 aliphatic rings. The van der Waals surface area contributed by atoms with Gasteiger partial charge in [-0.15, -0.1) is 11.8 Å². The van der Waals surface area contributed by atoms with E-state index in [0.717, 1.165) is 22.3 Å². The van der Waals surface area contributed by atoms with E-state index in [1.165, 1.54) is 25.6 Å². The van der Waals surface area contributed by atoms with E-state index in [9.17, 15) is 58.0 Å². The lowest BCUT2D eigenvalue weighted by molar-refractivity contribution is -0.142. The Morgan fingerprint density at radius 1 is 0.345 bits per heavy atom. The van der Waals surface area contributed by atoms with Gasteiger partial charge in [-0.05, 0) is 287 Å². The van der Waals surface area contributed by atoms with Crippen LogP contribution in [0.25, 0.3) is 0 Å². The number of hydrogen-bond donors (Lipinski definition) is 20. The van der Waals surface area contributed by atoms with Gasteiger partial charge in [-0.25, -0.2) is 57.4 Å². The van der Waals surface area contributed by atoms with Crippen LogP contribution in [0.5, 0.6) is 23.0 Å². The Labute approximate surface area is 872 Å². The molecule has 6 amide bonds. The maximum Gasteiger partial charge on any atom is 0.326 e. The van der Waals surface area contributed by atoms with Gasteiger partial charge in [0.05, 0.1) is 30.4 Å². The zero-order chi connectivity index (χ0) is 110. The van der Waals surface area contributed by atoms with Crippen LogP contribution in [0.4, 0.5) is 0 Å². The maximum atomic E-state index is 15.7. The van der Waals surface area contributed by atoms with E-state index in [-0.39, 0.29) is 90.0 Å². The highest BCUT2D eigenvalue weighted by atomic mass is 32.2. The van der Waals surface area contributed by atoms with Crippen LogP contribution in [-0.2, 0) is 104 Å². The Hall–Kier alpha value is -12.8. The fraction of sp³-hybridized carbons (Fsp3) is 0.490. The third-order valence-electron chi connectivity index (χ3n) is 27.4. The number of carbonyl (C=O) groups is 7. The number of carbonyl (C=O) groups excluding carboxylic acids is 6. The van der Waals surface area contributed by atoms with Gasteiger partial charge in [0.2, 0.25) is 59.3 Å². The number of aliphatic carboxylic acids is 1. The molecule has 0 bridgehead atoms. The molecule has 7 aromatic carbocycles. The van der Waals surface area contributed by atoms with Crippen molar-refractivity contribution >= 4 is 117 Å². The first kappa shape index (κ1) is 116. The number of amides is 6. The third kappa shape index (κ3) is 26.7. The van der Waals surface area contributed by atoms with E-state index in [2.05, 4.69) is 72.1 Å². The topological polar surface area (TPSA) is 603 Å². The summed E-state index contributed by atoms with van der Waals surface area (Å²) >= 11 is 1.39. The number of guanidine groups is 4. The first-order chi connectivity index (χ1) is 69.0. The first-order valence-corrected chi connectivity index (χ1v) is 56.2. The molecule has 0 saturated carbocycles. The number of fused-ring (bicyclic) bond motifs is 4. The molecule has 0 unspecified atom stereocenters. The van der Waals surface area contributed by atoms with Crippen molar-refractivity contribution in [3.05, 3.63) is 197 Å². The number of nitrogens with one attached hydrogen (secondary N) is 18. The van der Waals surface area contributed by atoms with Gasteiger partial charge in [-0.2, -0.15) is 0 Å². The van der Waals surface area contributed by atoms with Crippen molar-refractivity contribution in [3.63, 3.8) is 0 Å². The monoisotopic (exact) mass is 2140 g/mol. The standard InChI is InChI=1S/C104H143N19O20S5/c1-55-59(5)85(63(9)72-50-100(15,16)140-81(55)72)145(132,133)120-96(106)110-46-32-42-77(92(127)115-68(14)90(125)119-80(95(130)131)45-35-49-113-99(109)123-148(138,139)88-62(8)58(4)84-75(66(88)12)53-103(21,22)143-84)117-94(129)79(44-34-48-112-98(108)122-147(136,137)87-61(7)57(3)83-74(65(87)11)52-102(19,20)142-83)118-93(128)78(43-33-47-111-97(107)121-146(134,135)86-60(6)56(2)82-73(64(86)10)51-101(17,18)141-82)116-89(124)67(13)114-91(126)76(105)54-144-104(69-36-26-23-27-37-69,70-38-28-24-29-39-70)71-40-30-25-31-41-71/h23-31,36-41,67-68,76-80H,32-35,42-54,105H2,1-22H3,(H,114,126)(H,115,127)(H,116,124)(H,117,129)(H,118,128)(H,119,125)(H,130,131)(H3,106,110,120)(H3,107,111,121)(H3,108,112,122)(H3,109,113,123)/t67-,68-,76-,77-,78-,79-,80-/m1/s1. The van der Waals surface area contributed by atoms with Crippen molar-refractivity contribution in [3.8, 4) is 23.0 Å². The second-order valence-electron chi connectivity index (χ2n) is 41.1. The number of nitrogens with two attached hydrogens (primary N) is 1. The number of sulfonamides is 4. The van der Waals surface area contributed by atoms with E-state index >= 15 is 14.4 Å². The molecule has 0 fully saturated rings. The minimum Gasteiger partial charge on any atom is -0.487 e. The smallest absolute Gasteiger partial charge is 0.326 e. The van der Waals surface area contributed by atoms with Crippen molar-refractivity contribution in [2.45, 2.75) is 318 Å². The van der Waals surface area contributed by atoms with Crippen LogP contribution >= 0.6 is 11.8 Å². The summed E-state index contributed by atoms with van der Waals surface area (Å²) in [6.07, 6.45) is -0.485. The summed E-state index contributed by atoms with van der Waals surface area (Å²) in [5, 5.41) is 72.4. The summed E-state index contributed by atoms with van der Waals surface area (Å²) in [5.74, 6) is -7.99. The van der Waals surface area contributed by atoms with Crippen LogP contribution in [0, 0.1) is 105 Å². The van der Waals surface area contributed by atoms with Gasteiger partial charge in [-0.1, -0.05) is 91.0 Å². The molecule has 11 rings (SSSR count). The second-order valence-corrected chi connectivity index (χ2v) is 48.9. The molecular formula is C104H143N19O20S5. The quantitative estimate of drug-likeness (QED) is 0.00734. The molecule has 0 spiro atoms. The number of benzene rings is 7. The van der Waals surface area contributed by atoms with Gasteiger partial charge in [-0.3, -0.25) is 50.4 Å². The SMILES string of the molecule is Cc1c(C)c(S(=O)(=O)NC(=N)NCCC[C@@H](NC(=O)[C@@H](C)NC(=O)[C@@H](CCCNC(=N)NS(=O)(=O)c2c(C)c(C)c3c(c2C)CC(C)(C)O3)NC(=O)[C@@H](CCCNC(=N)NS(=O)(=O)c2c(C)c(C)c3c(c2C)CC(C)(C)O3)NC(=O)[C@@H](CCCNC(=N)NS(=O)(=O)c2c(C)c(C)c3c(c2C)CC(C)(C)O3)NC(=O)[C@@H](C)NC(=O)[C@H](N)CSC(c2ccccc2)(c2ccccc2)c2ccccc2)C(=O)O)c(C)c2c1OC(C)(C)C2. The van der Waals surface area contributed by atoms with Crippen LogP contribution in [0.2, 0.25) is 0 Å². The van der Waals surface area contributed by atoms with E-state index in [1.807, 2.05) is 146 Å². The fourth-order valence-electron chi connectivity index (χ4n) is 19.6. The second kappa shape index (κ2) is 46.1. The number of thioether (sulfide) groups is 1. The van der Waals surface area contributed by atoms with Gasteiger partial charge >= 0.3 is 5.97 Å². The molecule has 804 valence electrons. The molecule has 7 aromatic rings. The molecular weight excluding hydrogens is 2000 g/mol. The number of hydrogen-bond acceptors (Lipinski definition) is 25. The Balaban J connectivity index is 0.864. The summed E-state index contributed by atoms with van der Waals surface area (Å²) in [6, 6.07) is 17.7. The van der Waals surface area contributed by atoms with Crippen LogP contribution in [0.1, 0.15) is 226 Å². The highest BCUT2D eigenvalue weighted by Crippen LogP contribution is 2.51. The highest BCUT2D eigenvalue weighted by Gasteiger charge is 2.45.